The Kier molecular flexibility index (Phi) is 6.07. The number of aromatic nitrogens is 3. The fraction of sp³-hybridized carbons (Fsp3) is 0.500. The molecule has 0 bridgehead atoms. The second-order valence-corrected chi connectivity index (χ2v) is 8.86. The Labute approximate surface area is 169 Å². The summed E-state index contributed by atoms with van der Waals surface area (Å²) < 4.78 is 1.88. The third-order valence-corrected chi connectivity index (χ3v) is 6.52. The second-order valence-electron chi connectivity index (χ2n) is 7.55. The lowest BCUT2D eigenvalue weighted by Crippen LogP contribution is -2.37. The maximum atomic E-state index is 12.7. The van der Waals surface area contributed by atoms with Gasteiger partial charge in [0.25, 0.3) is 0 Å². The molecule has 1 aliphatic heterocycles. The van der Waals surface area contributed by atoms with Gasteiger partial charge in [-0.3, -0.25) is 4.79 Å². The topological polar surface area (TPSA) is 80.1 Å². The number of carbonyl (C=O) groups excluding carboxylic acids is 2. The minimum atomic E-state index is -0.421. The molecule has 150 valence electrons. The first-order chi connectivity index (χ1) is 13.3. The zero-order chi connectivity index (χ0) is 20.3. The Morgan fingerprint density at radius 3 is 2.86 bits per heavy atom. The number of aryl methyl sites for hydroxylation is 1. The van der Waals surface area contributed by atoms with Gasteiger partial charge in [0.15, 0.2) is 5.16 Å². The van der Waals surface area contributed by atoms with E-state index in [1.807, 2.05) is 49.7 Å². The number of benzene rings is 1. The molecule has 3 rings (SSSR count). The van der Waals surface area contributed by atoms with Gasteiger partial charge in [-0.2, -0.15) is 0 Å². The van der Waals surface area contributed by atoms with Gasteiger partial charge in [0.2, 0.25) is 0 Å². The Morgan fingerprint density at radius 2 is 2.18 bits per heavy atom. The number of nitrogens with one attached hydrogen (secondary N) is 1. The molecule has 1 aromatic carbocycles. The summed E-state index contributed by atoms with van der Waals surface area (Å²) in [7, 11) is 1.92. The van der Waals surface area contributed by atoms with E-state index in [1.54, 1.807) is 23.0 Å². The minimum Gasteiger partial charge on any atom is -0.324 e. The number of likely N-dealkylation sites (tertiary alicyclic amines) is 1. The second kappa shape index (κ2) is 8.34. The van der Waals surface area contributed by atoms with E-state index in [0.29, 0.717) is 19.5 Å². The number of hydrogen-bond donors (Lipinski definition) is 1. The summed E-state index contributed by atoms with van der Waals surface area (Å²) in [5.74, 6) is 0.222. The molecule has 0 radical (unpaired) electrons. The van der Waals surface area contributed by atoms with E-state index in [2.05, 4.69) is 22.4 Å². The van der Waals surface area contributed by atoms with Crippen LogP contribution in [0.4, 0.5) is 10.5 Å². The molecule has 0 spiro atoms. The van der Waals surface area contributed by atoms with Gasteiger partial charge in [0.1, 0.15) is 12.1 Å². The largest absolute Gasteiger partial charge is 0.324 e. The van der Waals surface area contributed by atoms with Crippen molar-refractivity contribution < 1.29 is 9.59 Å². The molecule has 0 aliphatic carbocycles. The summed E-state index contributed by atoms with van der Waals surface area (Å²) in [5, 5.41) is 12.0. The molecular formula is C20H27N5O2S. The fourth-order valence-corrected chi connectivity index (χ4v) is 4.37. The van der Waals surface area contributed by atoms with Crippen LogP contribution in [0.15, 0.2) is 35.7 Å². The third-order valence-electron chi connectivity index (χ3n) is 5.31. The molecule has 8 heteroatoms. The first kappa shape index (κ1) is 20.4. The first-order valence-electron chi connectivity index (χ1n) is 9.52. The summed E-state index contributed by atoms with van der Waals surface area (Å²) in [6.07, 6.45) is 2.91. The molecule has 1 N–H and O–H groups in total. The molecule has 28 heavy (non-hydrogen) atoms. The van der Waals surface area contributed by atoms with Crippen LogP contribution < -0.4 is 5.32 Å². The van der Waals surface area contributed by atoms with E-state index in [4.69, 9.17) is 0 Å². The van der Waals surface area contributed by atoms with Gasteiger partial charge in [-0.1, -0.05) is 37.7 Å². The summed E-state index contributed by atoms with van der Waals surface area (Å²) in [6.45, 7) is 7.01. The van der Waals surface area contributed by atoms with E-state index < -0.39 is 5.41 Å². The van der Waals surface area contributed by atoms with Crippen LogP contribution in [-0.2, 0) is 11.8 Å². The Bertz CT molecular complexity index is 868. The van der Waals surface area contributed by atoms with Crippen molar-refractivity contribution in [2.75, 3.05) is 18.4 Å². The van der Waals surface area contributed by atoms with Gasteiger partial charge >= 0.3 is 6.03 Å². The van der Waals surface area contributed by atoms with Gasteiger partial charge in [-0.25, -0.2) is 4.79 Å². The number of thioether (sulfide) groups is 1. The van der Waals surface area contributed by atoms with Crippen LogP contribution in [0.2, 0.25) is 0 Å². The van der Waals surface area contributed by atoms with E-state index in [1.165, 1.54) is 0 Å². The van der Waals surface area contributed by atoms with E-state index in [0.717, 1.165) is 22.8 Å². The number of carbonyl (C=O) groups is 2. The van der Waals surface area contributed by atoms with Crippen LogP contribution >= 0.6 is 11.8 Å². The zero-order valence-corrected chi connectivity index (χ0v) is 17.6. The summed E-state index contributed by atoms with van der Waals surface area (Å²) in [5.41, 5.74) is 1.43. The number of ketones is 1. The van der Waals surface area contributed by atoms with Gasteiger partial charge in [0, 0.05) is 42.9 Å². The highest BCUT2D eigenvalue weighted by molar-refractivity contribution is 7.99. The van der Waals surface area contributed by atoms with E-state index in [9.17, 15) is 9.59 Å². The average Bonchev–Trinajstić information content (AvgIpc) is 3.28. The highest BCUT2D eigenvalue weighted by Gasteiger charge is 2.40. The lowest BCUT2D eigenvalue weighted by atomic mass is 9.84. The molecular weight excluding hydrogens is 374 g/mol. The third kappa shape index (κ3) is 4.38. The number of Topliss-reactive ketones (excluding diaryl/α,β-unsaturated/α-hetero) is 1. The van der Waals surface area contributed by atoms with Crippen molar-refractivity contribution in [1.82, 2.24) is 19.7 Å². The maximum absolute atomic E-state index is 12.7. The minimum absolute atomic E-state index is 0.154. The summed E-state index contributed by atoms with van der Waals surface area (Å²) >= 11 is 1.62. The molecule has 7 nitrogen and oxygen atoms in total. The molecule has 2 amide bonds. The molecule has 1 aromatic heterocycles. The quantitative estimate of drug-likeness (QED) is 0.743. The maximum Gasteiger partial charge on any atom is 0.321 e. The molecule has 2 aromatic rings. The SMILES string of the molecule is CCC(=O)C1(C)CCN(C(=O)Nc2cccc([C@H](C)Sc3nncn3C)c2)C1. The van der Waals surface area contributed by atoms with E-state index in [-0.39, 0.29) is 17.1 Å². The van der Waals surface area contributed by atoms with Crippen LogP contribution in [0.1, 0.15) is 44.4 Å². The van der Waals surface area contributed by atoms with E-state index >= 15 is 0 Å². The van der Waals surface area contributed by atoms with Crippen molar-refractivity contribution in [2.24, 2.45) is 12.5 Å². The molecule has 2 heterocycles. The van der Waals surface area contributed by atoms with Crippen LogP contribution in [-0.4, -0.2) is 44.6 Å². The van der Waals surface area contributed by atoms with Crippen molar-refractivity contribution >= 4 is 29.3 Å². The predicted octanol–water partition coefficient (Wildman–Crippen LogP) is 3.89. The molecule has 1 fully saturated rings. The van der Waals surface area contributed by atoms with Gasteiger partial charge in [0.05, 0.1) is 0 Å². The standard InChI is InChI=1S/C20H27N5O2S/c1-5-17(26)20(3)9-10-25(12-20)18(27)22-16-8-6-7-15(11-16)14(2)28-19-23-21-13-24(19)4/h6-8,11,13-14H,5,9-10,12H2,1-4H3,(H,22,27)/t14-,20?/m0/s1. The van der Waals surface area contributed by atoms with Crippen LogP contribution in [0.3, 0.4) is 0 Å². The Morgan fingerprint density at radius 1 is 1.39 bits per heavy atom. The summed E-state index contributed by atoms with van der Waals surface area (Å²) in [6, 6.07) is 7.69. The number of rotatable bonds is 6. The van der Waals surface area contributed by atoms with Crippen LogP contribution in [0, 0.1) is 5.41 Å². The highest BCUT2D eigenvalue weighted by Crippen LogP contribution is 2.35. The van der Waals surface area contributed by atoms with Crippen molar-refractivity contribution in [3.8, 4) is 0 Å². The Balaban J connectivity index is 1.64. The number of anilines is 1. The number of urea groups is 1. The smallest absolute Gasteiger partial charge is 0.321 e. The van der Waals surface area contributed by atoms with Crippen LogP contribution in [0.25, 0.3) is 0 Å². The van der Waals surface area contributed by atoms with Crippen molar-refractivity contribution in [3.63, 3.8) is 0 Å². The number of hydrogen-bond acceptors (Lipinski definition) is 5. The number of nitrogens with zero attached hydrogens (tertiary/aromatic N) is 4. The molecule has 1 saturated heterocycles. The van der Waals surface area contributed by atoms with Crippen molar-refractivity contribution in [1.29, 1.82) is 0 Å². The molecule has 2 atom stereocenters. The lowest BCUT2D eigenvalue weighted by Gasteiger charge is -2.23. The van der Waals surface area contributed by atoms with Crippen molar-refractivity contribution in [3.05, 3.63) is 36.2 Å². The normalized spacial score (nSPS) is 20.2. The number of amides is 2. The monoisotopic (exact) mass is 401 g/mol. The van der Waals surface area contributed by atoms with Gasteiger partial charge < -0.3 is 14.8 Å². The first-order valence-corrected chi connectivity index (χ1v) is 10.4. The van der Waals surface area contributed by atoms with Gasteiger partial charge in [-0.15, -0.1) is 10.2 Å². The fourth-order valence-electron chi connectivity index (χ4n) is 3.47. The van der Waals surface area contributed by atoms with Gasteiger partial charge in [-0.05, 0) is 31.0 Å². The summed E-state index contributed by atoms with van der Waals surface area (Å²) in [4.78, 5) is 26.6. The molecule has 1 aliphatic rings. The predicted molar refractivity (Wildman–Crippen MR) is 110 cm³/mol. The van der Waals surface area contributed by atoms with Crippen molar-refractivity contribution in [2.45, 2.75) is 44.0 Å². The average molecular weight is 402 g/mol. The Hall–Kier alpha value is -2.35. The van der Waals surface area contributed by atoms with Crippen LogP contribution in [0.5, 0.6) is 0 Å². The zero-order valence-electron chi connectivity index (χ0n) is 16.8. The lowest BCUT2D eigenvalue weighted by molar-refractivity contribution is -0.126. The molecule has 1 unspecified atom stereocenters. The highest BCUT2D eigenvalue weighted by atomic mass is 32.2. The molecule has 0 saturated carbocycles.